The van der Waals surface area contributed by atoms with Gasteiger partial charge in [-0.25, -0.2) is 0 Å². The monoisotopic (exact) mass is 369 g/mol. The quantitative estimate of drug-likeness (QED) is 0.706. The van der Waals surface area contributed by atoms with Gasteiger partial charge in [0, 0.05) is 6.04 Å². The lowest BCUT2D eigenvalue weighted by molar-refractivity contribution is -0.115. The van der Waals surface area contributed by atoms with Gasteiger partial charge in [0.2, 0.25) is 5.91 Å². The second-order valence-electron chi connectivity index (χ2n) is 7.27. The molecule has 0 bridgehead atoms. The van der Waals surface area contributed by atoms with Gasteiger partial charge in [0.1, 0.15) is 11.1 Å². The number of benzene rings is 1. The minimum absolute atomic E-state index is 0.104. The van der Waals surface area contributed by atoms with Gasteiger partial charge in [-0.2, -0.15) is 5.26 Å². The van der Waals surface area contributed by atoms with E-state index in [1.165, 1.54) is 22.5 Å². The summed E-state index contributed by atoms with van der Waals surface area (Å²) in [6.45, 7) is 8.93. The molecule has 138 valence electrons. The molecule has 1 amide bonds. The molecule has 2 N–H and O–H groups in total. The van der Waals surface area contributed by atoms with E-state index in [2.05, 4.69) is 68.7 Å². The molecule has 0 saturated carbocycles. The molecule has 1 atom stereocenters. The Hall–Kier alpha value is -2.16. The number of nitriles is 1. The summed E-state index contributed by atoms with van der Waals surface area (Å²) < 4.78 is 0. The average molecular weight is 370 g/mol. The van der Waals surface area contributed by atoms with E-state index in [1.807, 2.05) is 0 Å². The molecular weight excluding hydrogens is 342 g/mol. The zero-order valence-corrected chi connectivity index (χ0v) is 16.7. The van der Waals surface area contributed by atoms with E-state index in [0.29, 0.717) is 22.4 Å². The normalized spacial score (nSPS) is 12.2. The maximum atomic E-state index is 12.2. The highest BCUT2D eigenvalue weighted by Crippen LogP contribution is 2.24. The number of amides is 1. The van der Waals surface area contributed by atoms with Crippen LogP contribution in [0.25, 0.3) is 0 Å². The first-order valence-electron chi connectivity index (χ1n) is 9.00. The predicted octanol–water partition coefficient (Wildman–Crippen LogP) is 4.74. The van der Waals surface area contributed by atoms with Gasteiger partial charge in [0.15, 0.2) is 0 Å². The molecule has 2 aromatic rings. The number of nitrogens with zero attached hydrogens (tertiary/aromatic N) is 1. The predicted molar refractivity (Wildman–Crippen MR) is 108 cm³/mol. The van der Waals surface area contributed by atoms with Crippen molar-refractivity contribution in [2.75, 3.05) is 11.9 Å². The standard InChI is InChI=1S/C21H27N3OS/c1-14(2)11-16-5-7-17(8-6-16)20(15(3)4)23-13-19(25)24-21-18(12-22)9-10-26-21/h5-10,14-15,20,23H,11,13H2,1-4H3,(H,24,25)/t20-/m1/s1. The third-order valence-corrected chi connectivity index (χ3v) is 5.00. The van der Waals surface area contributed by atoms with Crippen LogP contribution in [0.5, 0.6) is 0 Å². The van der Waals surface area contributed by atoms with Crippen molar-refractivity contribution in [3.05, 3.63) is 52.4 Å². The summed E-state index contributed by atoms with van der Waals surface area (Å²) in [5.74, 6) is 0.861. The van der Waals surface area contributed by atoms with Gasteiger partial charge in [0.05, 0.1) is 12.1 Å². The molecule has 0 unspecified atom stereocenters. The third-order valence-electron chi connectivity index (χ3n) is 4.17. The first kappa shape index (κ1) is 20.2. The van der Waals surface area contributed by atoms with Crippen LogP contribution < -0.4 is 10.6 Å². The van der Waals surface area contributed by atoms with Gasteiger partial charge in [-0.3, -0.25) is 4.79 Å². The van der Waals surface area contributed by atoms with Crippen LogP contribution in [0.3, 0.4) is 0 Å². The van der Waals surface area contributed by atoms with Crippen molar-refractivity contribution >= 4 is 22.2 Å². The fraction of sp³-hybridized carbons (Fsp3) is 0.429. The number of thiophene rings is 1. The molecule has 0 aliphatic heterocycles. The van der Waals surface area contributed by atoms with Crippen molar-refractivity contribution in [3.63, 3.8) is 0 Å². The second-order valence-corrected chi connectivity index (χ2v) is 8.18. The minimum Gasteiger partial charge on any atom is -0.315 e. The Labute approximate surface area is 160 Å². The summed E-state index contributed by atoms with van der Waals surface area (Å²) in [6.07, 6.45) is 1.07. The molecule has 1 aromatic carbocycles. The zero-order chi connectivity index (χ0) is 19.1. The molecule has 0 aliphatic rings. The first-order valence-corrected chi connectivity index (χ1v) is 9.88. The number of carbonyl (C=O) groups is 1. The molecule has 0 fully saturated rings. The number of hydrogen-bond acceptors (Lipinski definition) is 4. The van der Waals surface area contributed by atoms with Crippen molar-refractivity contribution in [2.24, 2.45) is 11.8 Å². The van der Waals surface area contributed by atoms with Crippen LogP contribution in [0.15, 0.2) is 35.7 Å². The fourth-order valence-corrected chi connectivity index (χ4v) is 3.69. The van der Waals surface area contributed by atoms with Crippen molar-refractivity contribution in [1.29, 1.82) is 5.26 Å². The Morgan fingerprint density at radius 3 is 2.42 bits per heavy atom. The van der Waals surface area contributed by atoms with Gasteiger partial charge < -0.3 is 10.6 Å². The number of nitrogens with one attached hydrogen (secondary N) is 2. The Balaban J connectivity index is 1.97. The highest BCUT2D eigenvalue weighted by Gasteiger charge is 2.17. The van der Waals surface area contributed by atoms with Crippen LogP contribution in [-0.2, 0) is 11.2 Å². The van der Waals surface area contributed by atoms with E-state index in [1.54, 1.807) is 11.4 Å². The van der Waals surface area contributed by atoms with Crippen molar-refractivity contribution in [1.82, 2.24) is 5.32 Å². The molecular formula is C21H27N3OS. The highest BCUT2D eigenvalue weighted by molar-refractivity contribution is 7.14. The van der Waals surface area contributed by atoms with Crippen LogP contribution >= 0.6 is 11.3 Å². The van der Waals surface area contributed by atoms with Crippen LogP contribution in [0, 0.1) is 23.2 Å². The maximum absolute atomic E-state index is 12.2. The van der Waals surface area contributed by atoms with Crippen LogP contribution in [0.1, 0.15) is 50.4 Å². The molecule has 1 heterocycles. The molecule has 2 rings (SSSR count). The minimum atomic E-state index is -0.133. The van der Waals surface area contributed by atoms with E-state index in [4.69, 9.17) is 5.26 Å². The van der Waals surface area contributed by atoms with Gasteiger partial charge in [-0.1, -0.05) is 52.0 Å². The van der Waals surface area contributed by atoms with Gasteiger partial charge in [-0.05, 0) is 40.8 Å². The lowest BCUT2D eigenvalue weighted by Gasteiger charge is -2.23. The molecule has 0 saturated heterocycles. The summed E-state index contributed by atoms with van der Waals surface area (Å²) in [4.78, 5) is 12.2. The van der Waals surface area contributed by atoms with Crippen molar-refractivity contribution in [2.45, 2.75) is 40.2 Å². The number of anilines is 1. The van der Waals surface area contributed by atoms with E-state index >= 15 is 0 Å². The Kier molecular flexibility index (Phi) is 7.38. The summed E-state index contributed by atoms with van der Waals surface area (Å²) >= 11 is 1.36. The van der Waals surface area contributed by atoms with Crippen LogP contribution in [0.4, 0.5) is 5.00 Å². The maximum Gasteiger partial charge on any atom is 0.238 e. The van der Waals surface area contributed by atoms with Gasteiger partial charge in [-0.15, -0.1) is 11.3 Å². The summed E-state index contributed by atoms with van der Waals surface area (Å²) in [5, 5.41) is 17.6. The Bertz CT molecular complexity index is 756. The second kappa shape index (κ2) is 9.51. The van der Waals surface area contributed by atoms with E-state index in [0.717, 1.165) is 6.42 Å². The Morgan fingerprint density at radius 2 is 1.85 bits per heavy atom. The zero-order valence-electron chi connectivity index (χ0n) is 15.9. The molecule has 0 radical (unpaired) electrons. The number of rotatable bonds is 8. The topological polar surface area (TPSA) is 64.9 Å². The number of carbonyl (C=O) groups excluding carboxylic acids is 1. The lowest BCUT2D eigenvalue weighted by Crippen LogP contribution is -2.33. The van der Waals surface area contributed by atoms with E-state index < -0.39 is 0 Å². The largest absolute Gasteiger partial charge is 0.315 e. The fourth-order valence-electron chi connectivity index (χ4n) is 2.94. The van der Waals surface area contributed by atoms with Crippen LogP contribution in [0.2, 0.25) is 0 Å². The van der Waals surface area contributed by atoms with E-state index in [-0.39, 0.29) is 18.5 Å². The molecule has 0 spiro atoms. The van der Waals surface area contributed by atoms with Gasteiger partial charge in [0.25, 0.3) is 0 Å². The molecule has 1 aromatic heterocycles. The molecule has 0 aliphatic carbocycles. The summed E-state index contributed by atoms with van der Waals surface area (Å²) in [6, 6.07) is 12.6. The lowest BCUT2D eigenvalue weighted by atomic mass is 9.94. The third kappa shape index (κ3) is 5.69. The molecule has 4 nitrogen and oxygen atoms in total. The summed E-state index contributed by atoms with van der Waals surface area (Å²) in [7, 11) is 0. The smallest absolute Gasteiger partial charge is 0.238 e. The average Bonchev–Trinajstić information content (AvgIpc) is 3.02. The van der Waals surface area contributed by atoms with Gasteiger partial charge >= 0.3 is 0 Å². The summed E-state index contributed by atoms with van der Waals surface area (Å²) in [5.41, 5.74) is 3.03. The van der Waals surface area contributed by atoms with Crippen molar-refractivity contribution in [3.8, 4) is 6.07 Å². The molecule has 5 heteroatoms. The highest BCUT2D eigenvalue weighted by atomic mass is 32.1. The van der Waals surface area contributed by atoms with Crippen molar-refractivity contribution < 1.29 is 4.79 Å². The molecule has 26 heavy (non-hydrogen) atoms. The SMILES string of the molecule is CC(C)Cc1ccc([C@H](NCC(=O)Nc2sccc2C#N)C(C)C)cc1. The Morgan fingerprint density at radius 1 is 1.15 bits per heavy atom. The van der Waals surface area contributed by atoms with E-state index in [9.17, 15) is 4.79 Å². The first-order chi connectivity index (χ1) is 12.4. The van der Waals surface area contributed by atoms with Crippen LogP contribution in [-0.4, -0.2) is 12.5 Å². The number of hydrogen-bond donors (Lipinski definition) is 2.